The first-order valence-corrected chi connectivity index (χ1v) is 6.84. The molecule has 0 saturated heterocycles. The summed E-state index contributed by atoms with van der Waals surface area (Å²) < 4.78 is 41.9. The van der Waals surface area contributed by atoms with Crippen LogP contribution in [0.15, 0.2) is 17.0 Å². The van der Waals surface area contributed by atoms with Gasteiger partial charge < -0.3 is 4.74 Å². The summed E-state index contributed by atoms with van der Waals surface area (Å²) in [5, 5.41) is 8.95. The van der Waals surface area contributed by atoms with E-state index in [4.69, 9.17) is 10.00 Å². The van der Waals surface area contributed by atoms with Crippen LogP contribution in [0.25, 0.3) is 0 Å². The fourth-order valence-electron chi connectivity index (χ4n) is 1.26. The molecular weight excluding hydrogens is 394 g/mol. The molecule has 0 fully saturated rings. The third-order valence-electron chi connectivity index (χ3n) is 1.90. The minimum Gasteiger partial charge on any atom is -0.462 e. The minimum absolute atomic E-state index is 0.0191. The van der Waals surface area contributed by atoms with Gasteiger partial charge in [-0.05, 0) is 53.4 Å². The topological polar surface area (TPSA) is 50.1 Å². The van der Waals surface area contributed by atoms with Gasteiger partial charge in [-0.2, -0.15) is 18.4 Å². The zero-order chi connectivity index (χ0) is 14.6. The molecule has 1 aromatic rings. The standard InChI is InChI=1S/C11H7F3INO2S/c1-2-18-10(17)7-3-6(19-11(12,13)14)4-9(15)8(7)5-16/h3-4H,2H2,1H3. The largest absolute Gasteiger partial charge is 0.462 e. The van der Waals surface area contributed by atoms with Crippen molar-refractivity contribution in [2.24, 2.45) is 0 Å². The minimum atomic E-state index is -4.46. The Labute approximate surface area is 125 Å². The average molecular weight is 401 g/mol. The summed E-state index contributed by atoms with van der Waals surface area (Å²) in [7, 11) is 0. The predicted octanol–water partition coefficient (Wildman–Crippen LogP) is 3.95. The van der Waals surface area contributed by atoms with Crippen LogP contribution in [0.3, 0.4) is 0 Å². The number of nitriles is 1. The molecular formula is C11H7F3INO2S. The van der Waals surface area contributed by atoms with E-state index in [0.29, 0.717) is 0 Å². The number of rotatable bonds is 3. The lowest BCUT2D eigenvalue weighted by Gasteiger charge is -2.10. The van der Waals surface area contributed by atoms with Gasteiger partial charge in [0.25, 0.3) is 0 Å². The molecule has 0 unspecified atom stereocenters. The molecule has 0 aliphatic heterocycles. The predicted molar refractivity (Wildman–Crippen MR) is 71.7 cm³/mol. The van der Waals surface area contributed by atoms with Crippen LogP contribution in [0.2, 0.25) is 0 Å². The lowest BCUT2D eigenvalue weighted by atomic mass is 10.1. The Bertz CT molecular complexity index is 540. The molecule has 1 rings (SSSR count). The van der Waals surface area contributed by atoms with E-state index in [9.17, 15) is 18.0 Å². The van der Waals surface area contributed by atoms with Crippen LogP contribution >= 0.6 is 34.4 Å². The van der Waals surface area contributed by atoms with E-state index in [-0.39, 0.29) is 38.0 Å². The van der Waals surface area contributed by atoms with Gasteiger partial charge in [-0.3, -0.25) is 0 Å². The van der Waals surface area contributed by atoms with Crippen molar-refractivity contribution in [3.05, 3.63) is 26.8 Å². The summed E-state index contributed by atoms with van der Waals surface area (Å²) in [6, 6.07) is 4.03. The Balaban J connectivity index is 3.27. The zero-order valence-electron chi connectivity index (χ0n) is 9.55. The number of hydrogen-bond acceptors (Lipinski definition) is 4. The molecule has 0 amide bonds. The average Bonchev–Trinajstić information content (AvgIpc) is 2.26. The number of alkyl halides is 3. The lowest BCUT2D eigenvalue weighted by Crippen LogP contribution is -2.09. The van der Waals surface area contributed by atoms with Gasteiger partial charge in [0.05, 0.1) is 17.7 Å². The molecule has 0 aliphatic rings. The molecule has 1 aromatic carbocycles. The van der Waals surface area contributed by atoms with Gasteiger partial charge in [0, 0.05) is 8.47 Å². The van der Waals surface area contributed by atoms with E-state index >= 15 is 0 Å². The first-order chi connectivity index (χ1) is 8.78. The summed E-state index contributed by atoms with van der Waals surface area (Å²) in [4.78, 5) is 11.5. The molecule has 0 radical (unpaired) electrons. The highest BCUT2D eigenvalue weighted by atomic mass is 127. The molecule has 0 aromatic heterocycles. The van der Waals surface area contributed by atoms with Crippen LogP contribution in [-0.4, -0.2) is 18.1 Å². The van der Waals surface area contributed by atoms with Gasteiger partial charge >= 0.3 is 11.5 Å². The summed E-state index contributed by atoms with van der Waals surface area (Å²) >= 11 is 1.38. The molecule has 0 bridgehead atoms. The summed E-state index contributed by atoms with van der Waals surface area (Å²) in [5.41, 5.74) is -4.59. The Morgan fingerprint density at radius 1 is 1.53 bits per heavy atom. The summed E-state index contributed by atoms with van der Waals surface area (Å²) in [6.07, 6.45) is 0. The van der Waals surface area contributed by atoms with Crippen LogP contribution in [0.4, 0.5) is 13.2 Å². The van der Waals surface area contributed by atoms with E-state index in [2.05, 4.69) is 0 Å². The van der Waals surface area contributed by atoms with Crippen molar-refractivity contribution >= 4 is 40.3 Å². The monoisotopic (exact) mass is 401 g/mol. The van der Waals surface area contributed by atoms with Crippen LogP contribution in [0, 0.1) is 14.9 Å². The van der Waals surface area contributed by atoms with Crippen LogP contribution in [-0.2, 0) is 4.74 Å². The number of benzene rings is 1. The normalized spacial score (nSPS) is 10.9. The third-order valence-corrected chi connectivity index (χ3v) is 3.46. The molecule has 19 heavy (non-hydrogen) atoms. The van der Waals surface area contributed by atoms with E-state index in [1.165, 1.54) is 6.07 Å². The van der Waals surface area contributed by atoms with Crippen molar-refractivity contribution in [3.8, 4) is 6.07 Å². The first-order valence-electron chi connectivity index (χ1n) is 4.95. The molecule has 8 heteroatoms. The van der Waals surface area contributed by atoms with Gasteiger partial charge in [0.2, 0.25) is 0 Å². The summed E-state index contributed by atoms with van der Waals surface area (Å²) in [6.45, 7) is 1.65. The molecule has 3 nitrogen and oxygen atoms in total. The van der Waals surface area contributed by atoms with E-state index < -0.39 is 11.5 Å². The summed E-state index contributed by atoms with van der Waals surface area (Å²) in [5.74, 6) is -0.804. The molecule has 0 spiro atoms. The Hall–Kier alpha value is -0.950. The van der Waals surface area contributed by atoms with Crippen molar-refractivity contribution in [3.63, 3.8) is 0 Å². The van der Waals surface area contributed by atoms with Crippen LogP contribution < -0.4 is 0 Å². The number of hydrogen-bond donors (Lipinski definition) is 0. The lowest BCUT2D eigenvalue weighted by molar-refractivity contribution is -0.0328. The highest BCUT2D eigenvalue weighted by molar-refractivity contribution is 14.1. The highest BCUT2D eigenvalue weighted by Crippen LogP contribution is 2.38. The molecule has 102 valence electrons. The SMILES string of the molecule is CCOC(=O)c1cc(SC(F)(F)F)cc(I)c1C#N. The van der Waals surface area contributed by atoms with Crippen LogP contribution in [0.1, 0.15) is 22.8 Å². The number of carbonyl (C=O) groups is 1. The van der Waals surface area contributed by atoms with Crippen molar-refractivity contribution in [2.45, 2.75) is 17.3 Å². The molecule has 0 saturated carbocycles. The zero-order valence-corrected chi connectivity index (χ0v) is 12.5. The second kappa shape index (κ2) is 6.47. The Kier molecular flexibility index (Phi) is 5.49. The number of nitrogens with zero attached hydrogens (tertiary/aromatic N) is 1. The second-order valence-corrected chi connectivity index (χ2v) is 5.51. The number of ether oxygens (including phenoxy) is 1. The molecule has 0 aliphatic carbocycles. The van der Waals surface area contributed by atoms with Crippen LogP contribution in [0.5, 0.6) is 0 Å². The highest BCUT2D eigenvalue weighted by Gasteiger charge is 2.30. The van der Waals surface area contributed by atoms with Gasteiger partial charge in [-0.15, -0.1) is 0 Å². The van der Waals surface area contributed by atoms with E-state index in [0.717, 1.165) is 6.07 Å². The first kappa shape index (κ1) is 16.1. The van der Waals surface area contributed by atoms with Gasteiger partial charge in [-0.1, -0.05) is 0 Å². The van der Waals surface area contributed by atoms with Crippen molar-refractivity contribution in [1.82, 2.24) is 0 Å². The van der Waals surface area contributed by atoms with Gasteiger partial charge in [0.15, 0.2) is 0 Å². The maximum Gasteiger partial charge on any atom is 0.446 e. The fourth-order valence-corrected chi connectivity index (χ4v) is 2.84. The molecule has 0 atom stereocenters. The van der Waals surface area contributed by atoms with E-state index in [1.807, 2.05) is 0 Å². The van der Waals surface area contributed by atoms with Gasteiger partial charge in [-0.25, -0.2) is 4.79 Å². The third kappa shape index (κ3) is 4.58. The maximum absolute atomic E-state index is 12.3. The van der Waals surface area contributed by atoms with Crippen molar-refractivity contribution in [1.29, 1.82) is 5.26 Å². The second-order valence-electron chi connectivity index (χ2n) is 3.21. The Morgan fingerprint density at radius 2 is 2.16 bits per heavy atom. The number of halogens is 4. The number of esters is 1. The molecule has 0 N–H and O–H groups in total. The number of thioether (sulfide) groups is 1. The van der Waals surface area contributed by atoms with Crippen molar-refractivity contribution < 1.29 is 22.7 Å². The van der Waals surface area contributed by atoms with Crippen molar-refractivity contribution in [2.75, 3.05) is 6.61 Å². The maximum atomic E-state index is 12.3. The van der Waals surface area contributed by atoms with E-state index in [1.54, 1.807) is 35.6 Å². The quantitative estimate of drug-likeness (QED) is 0.437. The van der Waals surface area contributed by atoms with Gasteiger partial charge in [0.1, 0.15) is 6.07 Å². The smallest absolute Gasteiger partial charge is 0.446 e. The fraction of sp³-hybridized carbons (Fsp3) is 0.273. The molecule has 0 heterocycles. The Morgan fingerprint density at radius 3 is 2.63 bits per heavy atom. The number of carbonyl (C=O) groups excluding carboxylic acids is 1.